The second kappa shape index (κ2) is 9.54. The SMILES string of the molecule is COc1ccc(-c2cc(-c3ccccc3)nc(NC(=O)COc3ccccc3)n2)cc1. The highest BCUT2D eigenvalue weighted by atomic mass is 16.5. The fourth-order valence-electron chi connectivity index (χ4n) is 3.00. The number of amides is 1. The van der Waals surface area contributed by atoms with Crippen molar-refractivity contribution in [2.75, 3.05) is 19.0 Å². The van der Waals surface area contributed by atoms with Crippen LogP contribution in [0.15, 0.2) is 91.0 Å². The molecule has 6 heteroatoms. The topological polar surface area (TPSA) is 73.3 Å². The van der Waals surface area contributed by atoms with Crippen LogP contribution >= 0.6 is 0 Å². The summed E-state index contributed by atoms with van der Waals surface area (Å²) in [5, 5.41) is 2.74. The van der Waals surface area contributed by atoms with Gasteiger partial charge in [-0.25, -0.2) is 9.97 Å². The van der Waals surface area contributed by atoms with Crippen LogP contribution in [0.3, 0.4) is 0 Å². The highest BCUT2D eigenvalue weighted by Crippen LogP contribution is 2.26. The molecule has 0 spiro atoms. The van der Waals surface area contributed by atoms with Gasteiger partial charge in [0.25, 0.3) is 5.91 Å². The van der Waals surface area contributed by atoms with Crippen molar-refractivity contribution in [3.05, 3.63) is 91.0 Å². The molecule has 0 aliphatic rings. The summed E-state index contributed by atoms with van der Waals surface area (Å²) < 4.78 is 10.7. The van der Waals surface area contributed by atoms with Crippen molar-refractivity contribution in [1.82, 2.24) is 9.97 Å². The standard InChI is InChI=1S/C25H21N3O3/c1-30-20-14-12-19(13-15-20)23-16-22(18-8-4-2-5-9-18)26-25(27-23)28-24(29)17-31-21-10-6-3-7-11-21/h2-16H,17H2,1H3,(H,26,27,28,29). The Hall–Kier alpha value is -4.19. The van der Waals surface area contributed by atoms with E-state index in [2.05, 4.69) is 15.3 Å². The minimum Gasteiger partial charge on any atom is -0.497 e. The van der Waals surface area contributed by atoms with Crippen LogP contribution in [-0.4, -0.2) is 29.6 Å². The molecule has 1 aromatic heterocycles. The predicted molar refractivity (Wildman–Crippen MR) is 120 cm³/mol. The van der Waals surface area contributed by atoms with E-state index in [9.17, 15) is 4.79 Å². The quantitative estimate of drug-likeness (QED) is 0.471. The van der Waals surface area contributed by atoms with Crippen molar-refractivity contribution in [3.63, 3.8) is 0 Å². The molecule has 4 aromatic rings. The van der Waals surface area contributed by atoms with E-state index in [4.69, 9.17) is 9.47 Å². The molecular formula is C25H21N3O3. The number of para-hydroxylation sites is 1. The van der Waals surface area contributed by atoms with E-state index in [1.165, 1.54) is 0 Å². The van der Waals surface area contributed by atoms with Crippen LogP contribution in [0.5, 0.6) is 11.5 Å². The number of rotatable bonds is 7. The number of carbonyl (C=O) groups excluding carboxylic acids is 1. The van der Waals surface area contributed by atoms with E-state index < -0.39 is 0 Å². The molecule has 0 aliphatic carbocycles. The van der Waals surface area contributed by atoms with Gasteiger partial charge in [-0.3, -0.25) is 10.1 Å². The molecule has 1 amide bonds. The molecule has 0 aliphatic heterocycles. The van der Waals surface area contributed by atoms with Crippen LogP contribution in [-0.2, 0) is 4.79 Å². The first-order chi connectivity index (χ1) is 15.2. The number of anilines is 1. The summed E-state index contributed by atoms with van der Waals surface area (Å²) >= 11 is 0. The molecular weight excluding hydrogens is 390 g/mol. The lowest BCUT2D eigenvalue weighted by Gasteiger charge is -2.11. The average Bonchev–Trinajstić information content (AvgIpc) is 2.84. The normalized spacial score (nSPS) is 10.4. The molecule has 0 unspecified atom stereocenters. The Morgan fingerprint density at radius 2 is 1.35 bits per heavy atom. The molecule has 1 heterocycles. The Morgan fingerprint density at radius 1 is 0.774 bits per heavy atom. The number of methoxy groups -OCH3 is 1. The zero-order valence-corrected chi connectivity index (χ0v) is 17.0. The van der Waals surface area contributed by atoms with Crippen LogP contribution in [0.2, 0.25) is 0 Å². The Labute approximate surface area is 180 Å². The summed E-state index contributed by atoms with van der Waals surface area (Å²) in [5.74, 6) is 1.26. The van der Waals surface area contributed by atoms with Gasteiger partial charge in [-0.1, -0.05) is 48.5 Å². The molecule has 6 nitrogen and oxygen atoms in total. The maximum absolute atomic E-state index is 12.4. The first-order valence-electron chi connectivity index (χ1n) is 9.78. The summed E-state index contributed by atoms with van der Waals surface area (Å²) in [5.41, 5.74) is 3.21. The van der Waals surface area contributed by atoms with Crippen molar-refractivity contribution >= 4 is 11.9 Å². The Balaban J connectivity index is 1.60. The minimum absolute atomic E-state index is 0.138. The lowest BCUT2D eigenvalue weighted by molar-refractivity contribution is -0.118. The molecule has 0 fully saturated rings. The zero-order valence-electron chi connectivity index (χ0n) is 17.0. The first-order valence-corrected chi connectivity index (χ1v) is 9.78. The number of nitrogens with zero attached hydrogens (tertiary/aromatic N) is 2. The largest absolute Gasteiger partial charge is 0.497 e. The maximum atomic E-state index is 12.4. The number of carbonyl (C=O) groups is 1. The Kier molecular flexibility index (Phi) is 6.18. The predicted octanol–water partition coefficient (Wildman–Crippen LogP) is 4.84. The molecule has 0 bridgehead atoms. The summed E-state index contributed by atoms with van der Waals surface area (Å²) in [6.45, 7) is -0.138. The molecule has 0 saturated heterocycles. The van der Waals surface area contributed by atoms with Crippen molar-refractivity contribution in [3.8, 4) is 34.0 Å². The maximum Gasteiger partial charge on any atom is 0.264 e. The Morgan fingerprint density at radius 3 is 1.97 bits per heavy atom. The first kappa shape index (κ1) is 20.1. The van der Waals surface area contributed by atoms with Crippen molar-refractivity contribution < 1.29 is 14.3 Å². The number of benzene rings is 3. The van der Waals surface area contributed by atoms with E-state index >= 15 is 0 Å². The van der Waals surface area contributed by atoms with E-state index in [-0.39, 0.29) is 18.5 Å². The van der Waals surface area contributed by atoms with Gasteiger partial charge in [-0.2, -0.15) is 0 Å². The van der Waals surface area contributed by atoms with Gasteiger partial charge in [0.05, 0.1) is 18.5 Å². The van der Waals surface area contributed by atoms with Crippen LogP contribution in [0.1, 0.15) is 0 Å². The third kappa shape index (κ3) is 5.25. The second-order valence-electron chi connectivity index (χ2n) is 6.71. The summed E-state index contributed by atoms with van der Waals surface area (Å²) in [7, 11) is 1.62. The number of hydrogen-bond acceptors (Lipinski definition) is 5. The van der Waals surface area contributed by atoms with Gasteiger partial charge in [-0.15, -0.1) is 0 Å². The number of hydrogen-bond donors (Lipinski definition) is 1. The number of aromatic nitrogens is 2. The van der Waals surface area contributed by atoms with Gasteiger partial charge in [0, 0.05) is 11.1 Å². The van der Waals surface area contributed by atoms with Crippen LogP contribution in [0, 0.1) is 0 Å². The lowest BCUT2D eigenvalue weighted by atomic mass is 10.1. The van der Waals surface area contributed by atoms with Crippen molar-refractivity contribution in [2.45, 2.75) is 0 Å². The summed E-state index contributed by atoms with van der Waals surface area (Å²) in [4.78, 5) is 21.5. The van der Waals surface area contributed by atoms with Gasteiger partial charge in [0.2, 0.25) is 5.95 Å². The van der Waals surface area contributed by atoms with Crippen LogP contribution < -0.4 is 14.8 Å². The van der Waals surface area contributed by atoms with Crippen LogP contribution in [0.4, 0.5) is 5.95 Å². The van der Waals surface area contributed by atoms with E-state index in [0.717, 1.165) is 16.9 Å². The molecule has 0 radical (unpaired) electrons. The smallest absolute Gasteiger partial charge is 0.264 e. The van der Waals surface area contributed by atoms with Crippen LogP contribution in [0.25, 0.3) is 22.5 Å². The minimum atomic E-state index is -0.338. The molecule has 4 rings (SSSR count). The van der Waals surface area contributed by atoms with E-state index in [1.807, 2.05) is 78.9 Å². The average molecular weight is 411 g/mol. The van der Waals surface area contributed by atoms with Gasteiger partial charge in [-0.05, 0) is 42.5 Å². The van der Waals surface area contributed by atoms with Crippen molar-refractivity contribution in [1.29, 1.82) is 0 Å². The van der Waals surface area contributed by atoms with Gasteiger partial charge in [0.15, 0.2) is 6.61 Å². The second-order valence-corrected chi connectivity index (χ2v) is 6.71. The third-order valence-electron chi connectivity index (χ3n) is 4.55. The summed E-state index contributed by atoms with van der Waals surface area (Å²) in [6, 6.07) is 28.4. The molecule has 31 heavy (non-hydrogen) atoms. The number of nitrogens with one attached hydrogen (secondary N) is 1. The lowest BCUT2D eigenvalue weighted by Crippen LogP contribution is -2.21. The van der Waals surface area contributed by atoms with Gasteiger partial charge < -0.3 is 9.47 Å². The molecule has 0 atom stereocenters. The third-order valence-corrected chi connectivity index (χ3v) is 4.55. The fraction of sp³-hybridized carbons (Fsp3) is 0.0800. The molecule has 1 N–H and O–H groups in total. The zero-order chi connectivity index (χ0) is 21.5. The fourth-order valence-corrected chi connectivity index (χ4v) is 3.00. The molecule has 154 valence electrons. The van der Waals surface area contributed by atoms with Gasteiger partial charge in [0.1, 0.15) is 11.5 Å². The highest BCUT2D eigenvalue weighted by molar-refractivity contribution is 5.90. The van der Waals surface area contributed by atoms with E-state index in [0.29, 0.717) is 17.1 Å². The summed E-state index contributed by atoms with van der Waals surface area (Å²) in [6.07, 6.45) is 0. The number of ether oxygens (including phenoxy) is 2. The van der Waals surface area contributed by atoms with Crippen molar-refractivity contribution in [2.24, 2.45) is 0 Å². The van der Waals surface area contributed by atoms with E-state index in [1.54, 1.807) is 19.2 Å². The molecule has 0 saturated carbocycles. The Bertz CT molecular complexity index is 1150. The van der Waals surface area contributed by atoms with Gasteiger partial charge >= 0.3 is 0 Å². The highest BCUT2D eigenvalue weighted by Gasteiger charge is 2.12. The molecule has 3 aromatic carbocycles. The monoisotopic (exact) mass is 411 g/mol.